The standard InChI is InChI=1S/C12H18ClIN2O2S/c1-2-6-15-7-3-8-19(17,18)16-12-5-4-10(13)9-11(12)14/h4-5,9,15-16H,2-3,6-8H2,1H3. The van der Waals surface area contributed by atoms with Crippen molar-refractivity contribution in [3.63, 3.8) is 0 Å². The Bertz CT molecular complexity index is 508. The molecule has 1 rings (SSSR count). The lowest BCUT2D eigenvalue weighted by Gasteiger charge is -2.10. The average molecular weight is 417 g/mol. The first kappa shape index (κ1) is 17.0. The number of hydrogen-bond acceptors (Lipinski definition) is 3. The molecule has 108 valence electrons. The lowest BCUT2D eigenvalue weighted by atomic mass is 10.3. The van der Waals surface area contributed by atoms with Crippen molar-refractivity contribution in [1.82, 2.24) is 5.32 Å². The highest BCUT2D eigenvalue weighted by Crippen LogP contribution is 2.23. The van der Waals surface area contributed by atoms with Crippen LogP contribution in [0.1, 0.15) is 19.8 Å². The third-order valence-corrected chi connectivity index (χ3v) is 4.87. The zero-order valence-electron chi connectivity index (χ0n) is 10.7. The number of hydrogen-bond donors (Lipinski definition) is 2. The van der Waals surface area contributed by atoms with Crippen LogP contribution in [0.2, 0.25) is 5.02 Å². The van der Waals surface area contributed by atoms with E-state index < -0.39 is 10.0 Å². The zero-order valence-corrected chi connectivity index (χ0v) is 14.5. The maximum absolute atomic E-state index is 11.9. The van der Waals surface area contributed by atoms with Gasteiger partial charge in [-0.3, -0.25) is 4.72 Å². The highest BCUT2D eigenvalue weighted by Gasteiger charge is 2.12. The topological polar surface area (TPSA) is 58.2 Å². The molecule has 0 saturated heterocycles. The van der Waals surface area contributed by atoms with Crippen LogP contribution in [-0.2, 0) is 10.0 Å². The van der Waals surface area contributed by atoms with E-state index in [2.05, 4.69) is 39.6 Å². The Morgan fingerprint density at radius 1 is 1.32 bits per heavy atom. The maximum Gasteiger partial charge on any atom is 0.232 e. The van der Waals surface area contributed by atoms with Gasteiger partial charge in [0, 0.05) is 8.59 Å². The molecule has 0 spiro atoms. The molecule has 0 saturated carbocycles. The molecule has 0 unspecified atom stereocenters. The fourth-order valence-electron chi connectivity index (χ4n) is 1.48. The fourth-order valence-corrected chi connectivity index (χ4v) is 3.81. The van der Waals surface area contributed by atoms with Crippen LogP contribution in [0.3, 0.4) is 0 Å². The molecule has 1 aromatic rings. The lowest BCUT2D eigenvalue weighted by Crippen LogP contribution is -2.22. The molecule has 0 aliphatic rings. The molecule has 0 aromatic heterocycles. The predicted octanol–water partition coefficient (Wildman–Crippen LogP) is 3.08. The number of rotatable bonds is 8. The molecule has 2 N–H and O–H groups in total. The largest absolute Gasteiger partial charge is 0.317 e. The van der Waals surface area contributed by atoms with Gasteiger partial charge in [-0.25, -0.2) is 8.42 Å². The Labute approximate surface area is 133 Å². The van der Waals surface area contributed by atoms with Crippen molar-refractivity contribution in [1.29, 1.82) is 0 Å². The molecular formula is C12H18ClIN2O2S. The molecule has 0 bridgehead atoms. The van der Waals surface area contributed by atoms with Crippen molar-refractivity contribution in [2.24, 2.45) is 0 Å². The minimum absolute atomic E-state index is 0.114. The van der Waals surface area contributed by atoms with E-state index in [1.807, 2.05) is 0 Å². The van der Waals surface area contributed by atoms with Crippen LogP contribution >= 0.6 is 34.2 Å². The summed E-state index contributed by atoms with van der Waals surface area (Å²) >= 11 is 7.89. The summed E-state index contributed by atoms with van der Waals surface area (Å²) in [7, 11) is -3.30. The molecule has 0 amide bonds. The third kappa shape index (κ3) is 6.78. The summed E-state index contributed by atoms with van der Waals surface area (Å²) in [5.74, 6) is 0.114. The van der Waals surface area contributed by atoms with Gasteiger partial charge in [0.15, 0.2) is 0 Å². The van der Waals surface area contributed by atoms with Crippen molar-refractivity contribution in [3.05, 3.63) is 26.8 Å². The Balaban J connectivity index is 2.50. The number of benzene rings is 1. The summed E-state index contributed by atoms with van der Waals surface area (Å²) in [5, 5.41) is 3.77. The Morgan fingerprint density at radius 2 is 2.05 bits per heavy atom. The van der Waals surface area contributed by atoms with E-state index in [-0.39, 0.29) is 5.75 Å². The molecule has 4 nitrogen and oxygen atoms in total. The Kier molecular flexibility index (Phi) is 7.41. The van der Waals surface area contributed by atoms with E-state index >= 15 is 0 Å². The van der Waals surface area contributed by atoms with E-state index in [0.717, 1.165) is 16.5 Å². The van der Waals surface area contributed by atoms with Crippen molar-refractivity contribution < 1.29 is 8.42 Å². The van der Waals surface area contributed by atoms with Gasteiger partial charge in [-0.15, -0.1) is 0 Å². The van der Waals surface area contributed by atoms with Crippen LogP contribution in [0.25, 0.3) is 0 Å². The summed E-state index contributed by atoms with van der Waals surface area (Å²) in [5.41, 5.74) is 0.575. The van der Waals surface area contributed by atoms with Crippen molar-refractivity contribution >= 4 is 49.9 Å². The van der Waals surface area contributed by atoms with Gasteiger partial charge in [0.2, 0.25) is 10.0 Å². The second kappa shape index (κ2) is 8.28. The van der Waals surface area contributed by atoms with Crippen molar-refractivity contribution in [3.8, 4) is 0 Å². The summed E-state index contributed by atoms with van der Waals surface area (Å²) in [6.07, 6.45) is 1.65. The summed E-state index contributed by atoms with van der Waals surface area (Å²) in [6.45, 7) is 3.71. The molecule has 7 heteroatoms. The zero-order chi connectivity index (χ0) is 14.3. The SMILES string of the molecule is CCCNCCCS(=O)(=O)Nc1ccc(Cl)cc1I. The summed E-state index contributed by atoms with van der Waals surface area (Å²) in [4.78, 5) is 0. The minimum Gasteiger partial charge on any atom is -0.317 e. The highest BCUT2D eigenvalue weighted by molar-refractivity contribution is 14.1. The molecule has 0 heterocycles. The molecule has 0 atom stereocenters. The van der Waals surface area contributed by atoms with Gasteiger partial charge in [0.05, 0.1) is 11.4 Å². The first-order chi connectivity index (χ1) is 8.94. The van der Waals surface area contributed by atoms with Crippen LogP contribution in [0, 0.1) is 3.57 Å². The minimum atomic E-state index is -3.30. The van der Waals surface area contributed by atoms with Gasteiger partial charge < -0.3 is 5.32 Å². The summed E-state index contributed by atoms with van der Waals surface area (Å²) in [6, 6.07) is 5.07. The smallest absolute Gasteiger partial charge is 0.232 e. The number of sulfonamides is 1. The normalized spacial score (nSPS) is 11.5. The van der Waals surface area contributed by atoms with Gasteiger partial charge >= 0.3 is 0 Å². The maximum atomic E-state index is 11.9. The van der Waals surface area contributed by atoms with Crippen molar-refractivity contribution in [2.45, 2.75) is 19.8 Å². The number of halogens is 2. The average Bonchev–Trinajstić information content (AvgIpc) is 2.32. The van der Waals surface area contributed by atoms with Crippen LogP contribution in [0.4, 0.5) is 5.69 Å². The van der Waals surface area contributed by atoms with E-state index in [1.165, 1.54) is 0 Å². The summed E-state index contributed by atoms with van der Waals surface area (Å²) < 4.78 is 27.2. The van der Waals surface area contributed by atoms with Crippen LogP contribution in [-0.4, -0.2) is 27.3 Å². The first-order valence-corrected chi connectivity index (χ1v) is 9.22. The first-order valence-electron chi connectivity index (χ1n) is 6.11. The predicted molar refractivity (Wildman–Crippen MR) is 89.4 cm³/mol. The number of anilines is 1. The molecular weight excluding hydrogens is 399 g/mol. The fraction of sp³-hybridized carbons (Fsp3) is 0.500. The molecule has 0 aliphatic carbocycles. The van der Waals surface area contributed by atoms with Gasteiger partial charge in [0.25, 0.3) is 0 Å². The lowest BCUT2D eigenvalue weighted by molar-refractivity contribution is 0.593. The Morgan fingerprint density at radius 3 is 2.68 bits per heavy atom. The molecule has 0 radical (unpaired) electrons. The molecule has 19 heavy (non-hydrogen) atoms. The van der Waals surface area contributed by atoms with Crippen LogP contribution < -0.4 is 10.0 Å². The third-order valence-electron chi connectivity index (χ3n) is 2.39. The van der Waals surface area contributed by atoms with E-state index in [0.29, 0.717) is 23.7 Å². The monoisotopic (exact) mass is 416 g/mol. The van der Waals surface area contributed by atoms with Gasteiger partial charge in [-0.05, 0) is 66.7 Å². The molecule has 0 fully saturated rings. The molecule has 0 aliphatic heterocycles. The van der Waals surface area contributed by atoms with Crippen LogP contribution in [0.5, 0.6) is 0 Å². The van der Waals surface area contributed by atoms with Gasteiger partial charge in [-0.2, -0.15) is 0 Å². The quantitative estimate of drug-likeness (QED) is 0.506. The van der Waals surface area contributed by atoms with E-state index in [1.54, 1.807) is 18.2 Å². The highest BCUT2D eigenvalue weighted by atomic mass is 127. The Hall–Kier alpha value is -0.0500. The van der Waals surface area contributed by atoms with Gasteiger partial charge in [-0.1, -0.05) is 18.5 Å². The van der Waals surface area contributed by atoms with Gasteiger partial charge in [0.1, 0.15) is 0 Å². The number of nitrogens with one attached hydrogen (secondary N) is 2. The second-order valence-corrected chi connectivity index (χ2v) is 7.59. The van der Waals surface area contributed by atoms with E-state index in [4.69, 9.17) is 11.6 Å². The second-order valence-electron chi connectivity index (χ2n) is 4.15. The van der Waals surface area contributed by atoms with E-state index in [9.17, 15) is 8.42 Å². The van der Waals surface area contributed by atoms with Crippen LogP contribution in [0.15, 0.2) is 18.2 Å². The molecule has 1 aromatic carbocycles. The van der Waals surface area contributed by atoms with Crippen molar-refractivity contribution in [2.75, 3.05) is 23.6 Å².